The molecule has 384 valence electrons. The van der Waals surface area contributed by atoms with Gasteiger partial charge in [-0.2, -0.15) is 10.2 Å². The van der Waals surface area contributed by atoms with Crippen molar-refractivity contribution in [1.82, 2.24) is 44.6 Å². The number of nitrogens with zero attached hydrogens (tertiary/aromatic N) is 10. The van der Waals surface area contributed by atoms with Crippen LogP contribution in [0.1, 0.15) is 148 Å². The number of pyridine rings is 2. The molecule has 1 N–H and O–H groups in total. The lowest BCUT2D eigenvalue weighted by molar-refractivity contribution is 0.0649. The van der Waals surface area contributed by atoms with Crippen LogP contribution in [0.15, 0.2) is 12.1 Å². The maximum absolute atomic E-state index is 13.7. The maximum atomic E-state index is 13.7. The highest BCUT2D eigenvalue weighted by molar-refractivity contribution is 5.76. The van der Waals surface area contributed by atoms with Gasteiger partial charge in [0.1, 0.15) is 0 Å². The zero-order valence-electron chi connectivity index (χ0n) is 42.1. The predicted octanol–water partition coefficient (Wildman–Crippen LogP) is 9.79. The molecule has 4 aromatic heterocycles. The molecule has 0 spiro atoms. The summed E-state index contributed by atoms with van der Waals surface area (Å²) in [6, 6.07) is 3.50. The van der Waals surface area contributed by atoms with Crippen LogP contribution in [0.5, 0.6) is 0 Å². The maximum Gasteiger partial charge on any atom is 0.409 e. The Balaban J connectivity index is 0.000000193. The number of aromatic nitrogens is 6. The normalized spacial score (nSPS) is 18.0. The van der Waals surface area contributed by atoms with Crippen LogP contribution in [0, 0.1) is 13.8 Å². The zero-order valence-corrected chi connectivity index (χ0v) is 42.1. The SMILES string of the molecule is CC.CC.CNC(=O)N1CCc2c(c(N3CCCc4nc(C)c(C(F)F)cc43)nn2C2CCOCC2)C1.COC(=O)N1CCc2c(c(N3CCCc4nc(C)c(C(F)F)cc43)nn2C2CCOCC2)C1. The highest BCUT2D eigenvalue weighted by atomic mass is 19.3. The molecule has 10 heterocycles. The second-order valence-corrected chi connectivity index (χ2v) is 17.8. The zero-order chi connectivity index (χ0) is 50.2. The van der Waals surface area contributed by atoms with Crippen molar-refractivity contribution < 1.29 is 41.4 Å². The van der Waals surface area contributed by atoms with Crippen molar-refractivity contribution in [1.29, 1.82) is 0 Å². The Morgan fingerprint density at radius 1 is 0.657 bits per heavy atom. The number of urea groups is 1. The van der Waals surface area contributed by atoms with E-state index < -0.39 is 12.9 Å². The van der Waals surface area contributed by atoms with E-state index in [2.05, 4.69) is 24.6 Å². The Morgan fingerprint density at radius 3 is 1.47 bits per heavy atom. The van der Waals surface area contributed by atoms with E-state index in [0.29, 0.717) is 101 Å². The number of methoxy groups -OCH3 is 1. The van der Waals surface area contributed by atoms with E-state index in [0.717, 1.165) is 96.9 Å². The second kappa shape index (κ2) is 23.6. The van der Waals surface area contributed by atoms with Gasteiger partial charge < -0.3 is 39.1 Å². The molecule has 0 bridgehead atoms. The molecule has 0 aromatic carbocycles. The fraction of sp³-hybridized carbons (Fsp3) is 0.640. The van der Waals surface area contributed by atoms with Gasteiger partial charge in [-0.15, -0.1) is 0 Å². The van der Waals surface area contributed by atoms with Gasteiger partial charge >= 0.3 is 12.1 Å². The van der Waals surface area contributed by atoms with E-state index in [1.807, 2.05) is 37.5 Å². The van der Waals surface area contributed by atoms with Gasteiger partial charge in [0.25, 0.3) is 12.9 Å². The number of carbonyl (C=O) groups excluding carboxylic acids is 2. The minimum Gasteiger partial charge on any atom is -0.453 e. The molecule has 70 heavy (non-hydrogen) atoms. The van der Waals surface area contributed by atoms with Crippen LogP contribution in [0.3, 0.4) is 0 Å². The summed E-state index contributed by atoms with van der Waals surface area (Å²) >= 11 is 0. The summed E-state index contributed by atoms with van der Waals surface area (Å²) in [7, 11) is 3.01. The second-order valence-electron chi connectivity index (χ2n) is 17.8. The molecular weight excluding hydrogens is 911 g/mol. The van der Waals surface area contributed by atoms with E-state index >= 15 is 0 Å². The molecule has 20 heteroatoms. The molecule has 0 aliphatic carbocycles. The molecule has 6 aliphatic heterocycles. The summed E-state index contributed by atoms with van der Waals surface area (Å²) in [5, 5.41) is 12.8. The van der Waals surface area contributed by atoms with Crippen molar-refractivity contribution in [3.8, 4) is 0 Å². The van der Waals surface area contributed by atoms with Crippen molar-refractivity contribution >= 4 is 35.1 Å². The summed E-state index contributed by atoms with van der Waals surface area (Å²) < 4.78 is 75.0. The number of aryl methyl sites for hydroxylation is 4. The summed E-state index contributed by atoms with van der Waals surface area (Å²) in [5.74, 6) is 1.49. The Labute approximate surface area is 409 Å². The van der Waals surface area contributed by atoms with Gasteiger partial charge in [-0.3, -0.25) is 19.3 Å². The van der Waals surface area contributed by atoms with Gasteiger partial charge in [0.2, 0.25) is 0 Å². The van der Waals surface area contributed by atoms with Crippen LogP contribution in [0.2, 0.25) is 0 Å². The quantitative estimate of drug-likeness (QED) is 0.184. The van der Waals surface area contributed by atoms with E-state index in [1.165, 1.54) is 7.11 Å². The molecule has 6 aliphatic rings. The summed E-state index contributed by atoms with van der Waals surface area (Å²) in [6.07, 6.45) is 2.59. The topological polar surface area (TPSA) is 148 Å². The Bertz CT molecular complexity index is 2270. The number of hydrogen-bond donors (Lipinski definition) is 1. The lowest BCUT2D eigenvalue weighted by Gasteiger charge is -2.32. The molecule has 10 rings (SSSR count). The van der Waals surface area contributed by atoms with Crippen LogP contribution in [-0.4, -0.2) is 118 Å². The Hall–Kier alpha value is -5.50. The average Bonchev–Trinajstić information content (AvgIpc) is 3.97. The third-order valence-corrected chi connectivity index (χ3v) is 13.9. The number of rotatable bonds is 6. The highest BCUT2D eigenvalue weighted by Gasteiger charge is 2.37. The van der Waals surface area contributed by atoms with E-state index in [9.17, 15) is 27.2 Å². The molecule has 4 aromatic rings. The van der Waals surface area contributed by atoms with Gasteiger partial charge in [-0.1, -0.05) is 27.7 Å². The molecule has 0 atom stereocenters. The Kier molecular flexibility index (Phi) is 17.6. The van der Waals surface area contributed by atoms with Crippen LogP contribution in [0.25, 0.3) is 0 Å². The van der Waals surface area contributed by atoms with Crippen LogP contribution in [-0.2, 0) is 53.0 Å². The molecule has 3 amide bonds. The van der Waals surface area contributed by atoms with Crippen molar-refractivity contribution in [2.24, 2.45) is 0 Å². The van der Waals surface area contributed by atoms with Gasteiger partial charge in [0.05, 0.1) is 55.0 Å². The fourth-order valence-corrected chi connectivity index (χ4v) is 10.5. The summed E-state index contributed by atoms with van der Waals surface area (Å²) in [6.45, 7) is 17.4. The standard InChI is InChI=1S/C23H30F2N6O2.C23H29F2N5O3.2C2H6/c1-14-16(21(24)25)12-20-18(27-14)4-3-8-30(20)22-17-13-29(23(32)26-2)9-5-19(17)31(28-22)15-6-10-33-11-7-15;1-14-16(21(24)25)12-20-18(26-14)4-3-8-29(20)22-17-13-28(23(31)32-2)9-5-19(17)30(27-22)15-6-10-33-11-7-15;2*1-2/h12,15,21H,3-11,13H2,1-2H3,(H,26,32);12,15,21H,3-11,13H2,1-2H3;2*1-2H3. The number of hydrogen-bond acceptors (Lipinski definition) is 11. The first-order valence-corrected chi connectivity index (χ1v) is 25.2. The van der Waals surface area contributed by atoms with Crippen molar-refractivity contribution in [2.45, 2.75) is 144 Å². The first-order valence-electron chi connectivity index (χ1n) is 25.2. The molecule has 0 saturated carbocycles. The number of alkyl halides is 4. The van der Waals surface area contributed by atoms with Crippen LogP contribution < -0.4 is 15.1 Å². The molecular formula is C50H71F4N11O5. The average molecular weight is 982 g/mol. The number of nitrogens with one attached hydrogen (secondary N) is 1. The van der Waals surface area contributed by atoms with Gasteiger partial charge in [-0.25, -0.2) is 27.2 Å². The minimum absolute atomic E-state index is 0.0367. The first kappa shape index (κ1) is 52.3. The first-order chi connectivity index (χ1) is 33.9. The predicted molar refractivity (Wildman–Crippen MR) is 259 cm³/mol. The molecule has 0 unspecified atom stereocenters. The summed E-state index contributed by atoms with van der Waals surface area (Å²) in [4.78, 5) is 41.2. The van der Waals surface area contributed by atoms with Gasteiger partial charge in [0.15, 0.2) is 11.6 Å². The monoisotopic (exact) mass is 982 g/mol. The van der Waals surface area contributed by atoms with Crippen LogP contribution >= 0.6 is 0 Å². The number of ether oxygens (including phenoxy) is 3. The third-order valence-electron chi connectivity index (χ3n) is 13.9. The molecule has 2 fully saturated rings. The lowest BCUT2D eigenvalue weighted by atomic mass is 10.0. The third kappa shape index (κ3) is 10.7. The van der Waals surface area contributed by atoms with E-state index in [4.69, 9.17) is 24.4 Å². The minimum atomic E-state index is -2.59. The van der Waals surface area contributed by atoms with Gasteiger partial charge in [-0.05, 0) is 77.3 Å². The fourth-order valence-electron chi connectivity index (χ4n) is 10.5. The molecule has 0 radical (unpaired) electrons. The number of amides is 3. The lowest BCUT2D eigenvalue weighted by Crippen LogP contribution is -2.42. The number of halogens is 4. The molecule has 2 saturated heterocycles. The number of carbonyl (C=O) groups is 2. The van der Waals surface area contributed by atoms with Crippen molar-refractivity contribution in [3.05, 3.63) is 68.6 Å². The largest absolute Gasteiger partial charge is 0.453 e. The number of anilines is 4. The Morgan fingerprint density at radius 2 is 1.07 bits per heavy atom. The van der Waals surface area contributed by atoms with Crippen LogP contribution in [0.4, 0.5) is 50.2 Å². The van der Waals surface area contributed by atoms with Gasteiger partial charge in [0, 0.05) is 118 Å². The van der Waals surface area contributed by atoms with E-state index in [-0.39, 0.29) is 35.3 Å². The number of fused-ring (bicyclic) bond motifs is 4. The van der Waals surface area contributed by atoms with Crippen molar-refractivity contribution in [2.75, 3.05) is 76.6 Å². The summed E-state index contributed by atoms with van der Waals surface area (Å²) in [5.41, 5.74) is 7.93. The van der Waals surface area contributed by atoms with Crippen molar-refractivity contribution in [3.63, 3.8) is 0 Å². The highest BCUT2D eigenvalue weighted by Crippen LogP contribution is 2.43. The van der Waals surface area contributed by atoms with E-state index in [1.54, 1.807) is 42.8 Å². The smallest absolute Gasteiger partial charge is 0.409 e. The molecule has 16 nitrogen and oxygen atoms in total.